The third kappa shape index (κ3) is 13.5. The van der Waals surface area contributed by atoms with Crippen LogP contribution >= 0.6 is 23.2 Å². The van der Waals surface area contributed by atoms with Gasteiger partial charge in [0.25, 0.3) is 0 Å². The molecule has 2 saturated heterocycles. The Morgan fingerprint density at radius 2 is 1.02 bits per heavy atom. The van der Waals surface area contributed by atoms with Gasteiger partial charge in [0.2, 0.25) is 0 Å². The number of hydrogen-bond donors (Lipinski definition) is 0. The second kappa shape index (κ2) is 19.6. The monoisotopic (exact) mass is 690 g/mol. The summed E-state index contributed by atoms with van der Waals surface area (Å²) < 4.78 is 22.1. The van der Waals surface area contributed by atoms with Gasteiger partial charge in [0.1, 0.15) is 12.2 Å². The van der Waals surface area contributed by atoms with Crippen LogP contribution in [0.2, 0.25) is 10.0 Å². The van der Waals surface area contributed by atoms with Crippen LogP contribution in [0.15, 0.2) is 48.5 Å². The highest BCUT2D eigenvalue weighted by atomic mass is 35.5. The molecule has 0 N–H and O–H groups in total. The molecule has 0 spiro atoms. The Morgan fingerprint density at radius 3 is 1.43 bits per heavy atom. The van der Waals surface area contributed by atoms with Crippen LogP contribution in [0.3, 0.4) is 0 Å². The molecule has 2 aromatic rings. The number of likely N-dealkylation sites (tertiary alicyclic amines) is 2. The van der Waals surface area contributed by atoms with Crippen LogP contribution in [-0.4, -0.2) is 98.4 Å². The average Bonchev–Trinajstić information content (AvgIpc) is 3.07. The first-order valence-electron chi connectivity index (χ1n) is 16.4. The fraction of sp³-hybridized carbons (Fsp3) is 0.543. The first kappa shape index (κ1) is 36.7. The van der Waals surface area contributed by atoms with E-state index >= 15 is 0 Å². The Hall–Kier alpha value is -3.18. The van der Waals surface area contributed by atoms with Crippen molar-refractivity contribution in [3.63, 3.8) is 0 Å². The molecule has 2 aromatic carbocycles. The molecule has 0 saturated carbocycles. The van der Waals surface area contributed by atoms with Crippen LogP contribution in [0.5, 0.6) is 0 Å². The van der Waals surface area contributed by atoms with E-state index in [1.807, 2.05) is 0 Å². The molecule has 12 heteroatoms. The number of ether oxygens (including phenoxy) is 4. The van der Waals surface area contributed by atoms with Crippen molar-refractivity contribution in [2.24, 2.45) is 0 Å². The summed E-state index contributed by atoms with van der Waals surface area (Å²) in [5.41, 5.74) is 0.932. The van der Waals surface area contributed by atoms with Gasteiger partial charge in [-0.1, -0.05) is 23.2 Å². The fourth-order valence-electron chi connectivity index (χ4n) is 5.63. The number of rotatable bonds is 16. The predicted molar refractivity (Wildman–Crippen MR) is 178 cm³/mol. The molecule has 4 rings (SSSR count). The normalized spacial score (nSPS) is 18.7. The average molecular weight is 692 g/mol. The lowest BCUT2D eigenvalue weighted by molar-refractivity contribution is -0.144. The summed E-state index contributed by atoms with van der Waals surface area (Å²) in [6.45, 7) is 4.63. The number of unbranched alkanes of at least 4 members (excludes halogenated alkanes) is 2. The molecular weight excluding hydrogens is 647 g/mol. The molecule has 2 fully saturated rings. The highest BCUT2D eigenvalue weighted by Gasteiger charge is 2.25. The smallest absolute Gasteiger partial charge is 0.338 e. The van der Waals surface area contributed by atoms with Gasteiger partial charge in [0, 0.05) is 36.2 Å². The molecule has 2 heterocycles. The molecule has 2 atom stereocenters. The first-order valence-corrected chi connectivity index (χ1v) is 17.2. The highest BCUT2D eigenvalue weighted by Crippen LogP contribution is 2.19. The third-order valence-corrected chi connectivity index (χ3v) is 8.71. The number of nitrogens with zero attached hydrogens (tertiary/aromatic N) is 2. The van der Waals surface area contributed by atoms with E-state index in [0.717, 1.165) is 45.2 Å². The highest BCUT2D eigenvalue weighted by molar-refractivity contribution is 6.31. The molecule has 0 aromatic heterocycles. The van der Waals surface area contributed by atoms with Gasteiger partial charge in [-0.15, -0.1) is 0 Å². The van der Waals surface area contributed by atoms with Crippen molar-refractivity contribution in [2.45, 2.75) is 70.0 Å². The van der Waals surface area contributed by atoms with Crippen molar-refractivity contribution in [3.8, 4) is 0 Å². The van der Waals surface area contributed by atoms with Gasteiger partial charge in [0.05, 0.1) is 37.2 Å². The number of esters is 4. The number of carbonyl (C=O) groups is 4. The second-order valence-electron chi connectivity index (χ2n) is 12.0. The minimum absolute atomic E-state index is 0.216. The Balaban J connectivity index is 0.985. The lowest BCUT2D eigenvalue weighted by atomic mass is 10.1. The summed E-state index contributed by atoms with van der Waals surface area (Å²) >= 11 is 11.8. The number of benzene rings is 2. The Bertz CT molecular complexity index is 1210. The van der Waals surface area contributed by atoms with Gasteiger partial charge in [-0.3, -0.25) is 19.4 Å². The quantitative estimate of drug-likeness (QED) is 0.119. The second-order valence-corrected chi connectivity index (χ2v) is 12.8. The molecule has 0 aliphatic carbocycles. The topological polar surface area (TPSA) is 112 Å². The molecule has 2 aliphatic heterocycles. The summed E-state index contributed by atoms with van der Waals surface area (Å²) in [5, 5.41) is 1.12. The van der Waals surface area contributed by atoms with Crippen molar-refractivity contribution >= 4 is 47.1 Å². The molecule has 0 bridgehead atoms. The van der Waals surface area contributed by atoms with Crippen molar-refractivity contribution in [2.75, 3.05) is 52.5 Å². The summed E-state index contributed by atoms with van der Waals surface area (Å²) in [6, 6.07) is 13.2. The van der Waals surface area contributed by atoms with E-state index in [0.29, 0.717) is 73.4 Å². The van der Waals surface area contributed by atoms with E-state index < -0.39 is 0 Å². The molecule has 0 amide bonds. The van der Waals surface area contributed by atoms with Gasteiger partial charge < -0.3 is 18.9 Å². The maximum atomic E-state index is 12.4. The largest absolute Gasteiger partial charge is 0.466 e. The fourth-order valence-corrected chi connectivity index (χ4v) is 5.88. The number of carbonyl (C=O) groups excluding carboxylic acids is 4. The zero-order valence-corrected chi connectivity index (χ0v) is 28.2. The maximum Gasteiger partial charge on any atom is 0.338 e. The van der Waals surface area contributed by atoms with Crippen LogP contribution in [0.4, 0.5) is 0 Å². The van der Waals surface area contributed by atoms with Crippen LogP contribution < -0.4 is 0 Å². The predicted octanol–water partition coefficient (Wildman–Crippen LogP) is 5.97. The van der Waals surface area contributed by atoms with Gasteiger partial charge in [0.15, 0.2) is 0 Å². The van der Waals surface area contributed by atoms with Crippen molar-refractivity contribution < 1.29 is 38.1 Å². The molecule has 47 heavy (non-hydrogen) atoms. The zero-order valence-electron chi connectivity index (χ0n) is 26.7. The first-order chi connectivity index (χ1) is 22.7. The minimum Gasteiger partial charge on any atom is -0.466 e. The minimum atomic E-state index is -0.370. The van der Waals surface area contributed by atoms with Gasteiger partial charge in [-0.25, -0.2) is 9.59 Å². The summed E-state index contributed by atoms with van der Waals surface area (Å²) in [7, 11) is 0. The summed E-state index contributed by atoms with van der Waals surface area (Å²) in [5.74, 6) is -1.25. The van der Waals surface area contributed by atoms with Crippen molar-refractivity contribution in [1.29, 1.82) is 0 Å². The Morgan fingerprint density at radius 1 is 0.617 bits per heavy atom. The zero-order chi connectivity index (χ0) is 33.4. The summed E-state index contributed by atoms with van der Waals surface area (Å²) in [4.78, 5) is 53.6. The van der Waals surface area contributed by atoms with E-state index in [2.05, 4.69) is 9.80 Å². The molecule has 0 radical (unpaired) electrons. The van der Waals surface area contributed by atoms with E-state index in [9.17, 15) is 19.2 Å². The number of piperidine rings is 2. The van der Waals surface area contributed by atoms with Crippen molar-refractivity contribution in [1.82, 2.24) is 9.80 Å². The Labute approximate surface area is 286 Å². The van der Waals surface area contributed by atoms with Gasteiger partial charge in [-0.05, 0) is 107 Å². The molecule has 2 aliphatic rings. The van der Waals surface area contributed by atoms with E-state index in [4.69, 9.17) is 42.1 Å². The standard InChI is InChI=1S/C35H44Cl2N2O8/c36-28-12-8-26(9-13-28)34(42)46-30-6-4-18-38(24-30)20-16-32(40)44-22-2-1-3-23-45-33(41)17-21-39-19-5-7-31(25-39)47-35(43)27-10-14-29(37)15-11-27/h8-15,30-31H,1-7,16-25H2. The van der Waals surface area contributed by atoms with Crippen molar-refractivity contribution in [3.05, 3.63) is 69.7 Å². The SMILES string of the molecule is O=C(CCN1CCCC(OC(=O)c2ccc(Cl)cc2)C1)OCCCCCOC(=O)CCN1CCCC(OC(=O)c2ccc(Cl)cc2)C1. The molecule has 10 nitrogen and oxygen atoms in total. The molecular formula is C35H44Cl2N2O8. The maximum absolute atomic E-state index is 12.4. The molecule has 2 unspecified atom stereocenters. The van der Waals surface area contributed by atoms with Crippen LogP contribution in [0.25, 0.3) is 0 Å². The third-order valence-electron chi connectivity index (χ3n) is 8.21. The van der Waals surface area contributed by atoms with Crippen LogP contribution in [0, 0.1) is 0 Å². The van der Waals surface area contributed by atoms with Crippen LogP contribution in [0.1, 0.15) is 78.5 Å². The lowest BCUT2D eigenvalue weighted by Gasteiger charge is -2.32. The summed E-state index contributed by atoms with van der Waals surface area (Å²) in [6.07, 6.45) is 5.65. The molecule has 256 valence electrons. The Kier molecular flexibility index (Phi) is 15.3. The van der Waals surface area contributed by atoms with Crippen LogP contribution in [-0.2, 0) is 28.5 Å². The lowest BCUT2D eigenvalue weighted by Crippen LogP contribution is -2.41. The number of halogens is 2. The number of hydrogen-bond acceptors (Lipinski definition) is 10. The van der Waals surface area contributed by atoms with E-state index in [1.54, 1.807) is 48.5 Å². The van der Waals surface area contributed by atoms with Gasteiger partial charge >= 0.3 is 23.9 Å². The van der Waals surface area contributed by atoms with E-state index in [-0.39, 0.29) is 48.9 Å². The van der Waals surface area contributed by atoms with E-state index in [1.165, 1.54) is 0 Å². The van der Waals surface area contributed by atoms with Gasteiger partial charge in [-0.2, -0.15) is 0 Å².